The van der Waals surface area contributed by atoms with Crippen molar-refractivity contribution in [2.75, 3.05) is 26.2 Å². The number of ether oxygens (including phenoxy) is 1. The highest BCUT2D eigenvalue weighted by Gasteiger charge is 2.30. The average Bonchev–Trinajstić information content (AvgIpc) is 2.51. The van der Waals surface area contributed by atoms with Gasteiger partial charge in [0.2, 0.25) is 0 Å². The maximum atomic E-state index is 12.9. The lowest BCUT2D eigenvalue weighted by Gasteiger charge is -2.44. The molecule has 1 aliphatic rings. The number of hydrogen-bond donors (Lipinski definition) is 0. The highest BCUT2D eigenvalue weighted by molar-refractivity contribution is 5.82. The van der Waals surface area contributed by atoms with Crippen LogP contribution >= 0.6 is 0 Å². The third kappa shape index (κ3) is 8.62. The van der Waals surface area contributed by atoms with Crippen LogP contribution in [0.15, 0.2) is 0 Å². The van der Waals surface area contributed by atoms with Gasteiger partial charge in [0.15, 0.2) is 0 Å². The van der Waals surface area contributed by atoms with Gasteiger partial charge in [-0.2, -0.15) is 0 Å². The Morgan fingerprint density at radius 1 is 0.852 bits per heavy atom. The van der Waals surface area contributed by atoms with Gasteiger partial charge in [-0.3, -0.25) is 14.6 Å². The predicted molar refractivity (Wildman–Crippen MR) is 115 cm³/mol. The van der Waals surface area contributed by atoms with Crippen molar-refractivity contribution < 1.29 is 9.53 Å². The lowest BCUT2D eigenvalue weighted by atomic mass is 9.87. The summed E-state index contributed by atoms with van der Waals surface area (Å²) in [5, 5.41) is 0. The summed E-state index contributed by atoms with van der Waals surface area (Å²) in [7, 11) is 0. The van der Waals surface area contributed by atoms with E-state index < -0.39 is 0 Å². The zero-order valence-corrected chi connectivity index (χ0v) is 19.8. The van der Waals surface area contributed by atoms with Crippen LogP contribution in [0.5, 0.6) is 0 Å². The summed E-state index contributed by atoms with van der Waals surface area (Å²) in [4.78, 5) is 18.0. The van der Waals surface area contributed by atoms with E-state index in [1.807, 2.05) is 0 Å². The number of rotatable bonds is 8. The van der Waals surface area contributed by atoms with Crippen LogP contribution in [0.4, 0.5) is 0 Å². The van der Waals surface area contributed by atoms with Gasteiger partial charge < -0.3 is 4.74 Å². The number of hydrogen-bond acceptors (Lipinski definition) is 4. The van der Waals surface area contributed by atoms with Crippen molar-refractivity contribution in [3.8, 4) is 0 Å². The van der Waals surface area contributed by atoms with E-state index in [1.165, 1.54) is 0 Å². The molecule has 4 atom stereocenters. The third-order valence-electron chi connectivity index (χ3n) is 5.79. The molecule has 4 heteroatoms. The Labute approximate surface area is 169 Å². The largest absolute Gasteiger partial charge is 0.373 e. The average molecular weight is 383 g/mol. The molecule has 0 aromatic heterocycles. The first-order valence-corrected chi connectivity index (χ1v) is 10.9. The third-order valence-corrected chi connectivity index (χ3v) is 5.79. The summed E-state index contributed by atoms with van der Waals surface area (Å²) in [6, 6.07) is 0.460. The minimum atomic E-state index is -0.155. The van der Waals surface area contributed by atoms with Gasteiger partial charge in [0.05, 0.1) is 11.7 Å². The molecule has 1 saturated heterocycles. The van der Waals surface area contributed by atoms with E-state index in [-0.39, 0.29) is 29.1 Å². The lowest BCUT2D eigenvalue weighted by molar-refractivity contribution is -0.129. The fourth-order valence-corrected chi connectivity index (χ4v) is 4.36. The van der Waals surface area contributed by atoms with Crippen molar-refractivity contribution in [3.63, 3.8) is 0 Å². The van der Waals surface area contributed by atoms with E-state index in [1.54, 1.807) is 0 Å². The highest BCUT2D eigenvalue weighted by Crippen LogP contribution is 2.23. The van der Waals surface area contributed by atoms with Gasteiger partial charge >= 0.3 is 0 Å². The minimum absolute atomic E-state index is 0.0577. The SMILES string of the molecule is CC(CC(C)C(=O)C(C)CC(C)N1CCN(C(C)(C)C)CC1)OC(C)(C)C. The molecular formula is C23H46N2O2. The van der Waals surface area contributed by atoms with Gasteiger partial charge in [-0.25, -0.2) is 0 Å². The van der Waals surface area contributed by atoms with E-state index in [2.05, 4.69) is 79.0 Å². The first-order valence-electron chi connectivity index (χ1n) is 10.9. The standard InChI is InChI=1S/C23H46N2O2/c1-17(21(26)18(2)16-20(4)27-23(8,9)10)15-19(3)24-11-13-25(14-12-24)22(5,6)7/h17-20H,11-16H2,1-10H3. The molecule has 160 valence electrons. The van der Waals surface area contributed by atoms with Crippen LogP contribution in [0.1, 0.15) is 82.1 Å². The van der Waals surface area contributed by atoms with Gasteiger partial charge in [-0.05, 0) is 68.2 Å². The quantitative estimate of drug-likeness (QED) is 0.613. The Kier molecular flexibility index (Phi) is 8.97. The summed E-state index contributed by atoms with van der Waals surface area (Å²) < 4.78 is 5.99. The first kappa shape index (κ1) is 24.6. The number of carbonyl (C=O) groups is 1. The first-order chi connectivity index (χ1) is 12.2. The molecule has 1 rings (SSSR count). The van der Waals surface area contributed by atoms with Gasteiger partial charge in [0.25, 0.3) is 0 Å². The predicted octanol–water partition coefficient (Wildman–Crippen LogP) is 4.62. The summed E-state index contributed by atoms with van der Waals surface area (Å²) in [6.07, 6.45) is 1.87. The molecule has 0 saturated carbocycles. The monoisotopic (exact) mass is 382 g/mol. The van der Waals surface area contributed by atoms with Gasteiger partial charge in [0, 0.05) is 49.6 Å². The summed E-state index contributed by atoms with van der Waals surface area (Å²) in [5.41, 5.74) is 0.0946. The molecule has 0 N–H and O–H groups in total. The maximum absolute atomic E-state index is 12.9. The van der Waals surface area contributed by atoms with E-state index >= 15 is 0 Å². The molecular weight excluding hydrogens is 336 g/mol. The van der Waals surface area contributed by atoms with Crippen molar-refractivity contribution >= 4 is 5.78 Å². The van der Waals surface area contributed by atoms with Crippen LogP contribution < -0.4 is 0 Å². The molecule has 0 aliphatic carbocycles. The van der Waals surface area contributed by atoms with Gasteiger partial charge in [0.1, 0.15) is 5.78 Å². The topological polar surface area (TPSA) is 32.8 Å². The van der Waals surface area contributed by atoms with Crippen molar-refractivity contribution in [2.45, 2.75) is 105 Å². The summed E-state index contributed by atoms with van der Waals surface area (Å²) in [5.74, 6) is 0.555. The molecule has 0 aromatic carbocycles. The van der Waals surface area contributed by atoms with Crippen LogP contribution in [0.2, 0.25) is 0 Å². The molecule has 1 fully saturated rings. The summed E-state index contributed by atoms with van der Waals surface area (Å²) in [6.45, 7) is 26.1. The van der Waals surface area contributed by atoms with Crippen LogP contribution in [-0.2, 0) is 9.53 Å². The molecule has 1 heterocycles. The maximum Gasteiger partial charge on any atom is 0.138 e. The second-order valence-electron chi connectivity index (χ2n) is 10.8. The molecule has 1 aliphatic heterocycles. The Balaban J connectivity index is 2.45. The molecule has 4 unspecified atom stereocenters. The van der Waals surface area contributed by atoms with Crippen molar-refractivity contribution in [1.82, 2.24) is 9.80 Å². The highest BCUT2D eigenvalue weighted by atomic mass is 16.5. The number of carbonyl (C=O) groups excluding carboxylic acids is 1. The van der Waals surface area contributed by atoms with E-state index in [4.69, 9.17) is 4.74 Å². The molecule has 0 spiro atoms. The molecule has 0 bridgehead atoms. The second kappa shape index (κ2) is 9.84. The Morgan fingerprint density at radius 3 is 1.78 bits per heavy atom. The smallest absolute Gasteiger partial charge is 0.138 e. The van der Waals surface area contributed by atoms with E-state index in [0.29, 0.717) is 11.8 Å². The number of ketones is 1. The van der Waals surface area contributed by atoms with E-state index in [0.717, 1.165) is 39.0 Å². The molecule has 0 amide bonds. The fraction of sp³-hybridized carbons (Fsp3) is 0.957. The zero-order valence-electron chi connectivity index (χ0n) is 19.8. The molecule has 4 nitrogen and oxygen atoms in total. The number of piperazine rings is 1. The Bertz CT molecular complexity index is 456. The zero-order chi connectivity index (χ0) is 21.0. The van der Waals surface area contributed by atoms with E-state index in [9.17, 15) is 4.79 Å². The van der Waals surface area contributed by atoms with Crippen molar-refractivity contribution in [1.29, 1.82) is 0 Å². The van der Waals surface area contributed by atoms with Crippen molar-refractivity contribution in [3.05, 3.63) is 0 Å². The van der Waals surface area contributed by atoms with Crippen molar-refractivity contribution in [2.24, 2.45) is 11.8 Å². The lowest BCUT2D eigenvalue weighted by Crippen LogP contribution is -2.55. The Hall–Kier alpha value is -0.450. The summed E-state index contributed by atoms with van der Waals surface area (Å²) >= 11 is 0. The van der Waals surface area contributed by atoms with Crippen LogP contribution in [0, 0.1) is 11.8 Å². The van der Waals surface area contributed by atoms with Crippen LogP contribution in [0.25, 0.3) is 0 Å². The number of nitrogens with zero attached hydrogens (tertiary/aromatic N) is 2. The second-order valence-corrected chi connectivity index (χ2v) is 10.8. The minimum Gasteiger partial charge on any atom is -0.373 e. The van der Waals surface area contributed by atoms with Gasteiger partial charge in [-0.1, -0.05) is 13.8 Å². The Morgan fingerprint density at radius 2 is 1.33 bits per heavy atom. The fourth-order valence-electron chi connectivity index (χ4n) is 4.36. The van der Waals surface area contributed by atoms with Gasteiger partial charge in [-0.15, -0.1) is 0 Å². The van der Waals surface area contributed by atoms with Crippen LogP contribution in [0.3, 0.4) is 0 Å². The van der Waals surface area contributed by atoms with Crippen LogP contribution in [-0.4, -0.2) is 65.0 Å². The molecule has 0 radical (unpaired) electrons. The normalized spacial score (nSPS) is 22.3. The molecule has 27 heavy (non-hydrogen) atoms. The number of Topliss-reactive ketones (excluding diaryl/α,β-unsaturated/α-hetero) is 1. The molecule has 0 aromatic rings.